The van der Waals surface area contributed by atoms with E-state index in [1.54, 1.807) is 0 Å². The molecule has 1 aromatic rings. The van der Waals surface area contributed by atoms with Crippen molar-refractivity contribution in [3.05, 3.63) is 30.1 Å². The molecule has 0 atom stereocenters. The third-order valence-electron chi connectivity index (χ3n) is 3.53. The van der Waals surface area contributed by atoms with Crippen LogP contribution in [0.15, 0.2) is 34.2 Å². The summed E-state index contributed by atoms with van der Waals surface area (Å²) in [5.41, 5.74) is 0. The minimum Gasteiger partial charge on any atom is -0.357 e. The summed E-state index contributed by atoms with van der Waals surface area (Å²) in [6, 6.07) is 5.45. The minimum atomic E-state index is -3.65. The van der Waals surface area contributed by atoms with Crippen molar-refractivity contribution < 1.29 is 12.8 Å². The Morgan fingerprint density at radius 3 is 2.64 bits per heavy atom. The van der Waals surface area contributed by atoms with Crippen LogP contribution in [0.1, 0.15) is 19.8 Å². The van der Waals surface area contributed by atoms with Crippen LogP contribution in [-0.2, 0) is 9.84 Å². The number of benzene rings is 1. The molecule has 0 spiro atoms. The predicted octanol–water partition coefficient (Wildman–Crippen LogP) is 1.66. The highest BCUT2D eigenvalue weighted by Crippen LogP contribution is 2.15. The topological polar surface area (TPSA) is 61.8 Å². The lowest BCUT2D eigenvalue weighted by Gasteiger charge is -2.20. The number of likely N-dealkylation sites (tertiary alicyclic amines) is 1. The van der Waals surface area contributed by atoms with Crippen molar-refractivity contribution in [2.75, 3.05) is 31.9 Å². The number of sulfone groups is 1. The Kier molecular flexibility index (Phi) is 5.76. The van der Waals surface area contributed by atoms with Gasteiger partial charge in [-0.15, -0.1) is 0 Å². The second-order valence-electron chi connectivity index (χ2n) is 5.18. The molecule has 1 heterocycles. The Labute approximate surface area is 131 Å². The van der Waals surface area contributed by atoms with Gasteiger partial charge in [0.2, 0.25) is 0 Å². The van der Waals surface area contributed by atoms with Gasteiger partial charge in [0.1, 0.15) is 10.7 Å². The fourth-order valence-corrected chi connectivity index (χ4v) is 3.64. The number of aliphatic imine (C=N–C) groups is 1. The first kappa shape index (κ1) is 16.7. The predicted molar refractivity (Wildman–Crippen MR) is 85.2 cm³/mol. The van der Waals surface area contributed by atoms with E-state index in [1.807, 2.05) is 6.92 Å². The molecule has 22 heavy (non-hydrogen) atoms. The van der Waals surface area contributed by atoms with E-state index in [1.165, 1.54) is 18.2 Å². The van der Waals surface area contributed by atoms with Gasteiger partial charge in [0.15, 0.2) is 15.8 Å². The molecule has 0 radical (unpaired) electrons. The number of halogens is 1. The van der Waals surface area contributed by atoms with E-state index < -0.39 is 15.7 Å². The fraction of sp³-hybridized carbons (Fsp3) is 0.533. The first-order chi connectivity index (χ1) is 10.5. The van der Waals surface area contributed by atoms with Gasteiger partial charge < -0.3 is 10.2 Å². The summed E-state index contributed by atoms with van der Waals surface area (Å²) in [4.78, 5) is 6.24. The van der Waals surface area contributed by atoms with Gasteiger partial charge >= 0.3 is 0 Å². The van der Waals surface area contributed by atoms with Crippen LogP contribution in [0.2, 0.25) is 0 Å². The van der Waals surface area contributed by atoms with Crippen molar-refractivity contribution in [1.82, 2.24) is 10.2 Å². The van der Waals surface area contributed by atoms with Gasteiger partial charge in [-0.2, -0.15) is 0 Å². The number of hydrogen-bond donors (Lipinski definition) is 1. The van der Waals surface area contributed by atoms with E-state index in [4.69, 9.17) is 0 Å². The number of nitrogens with one attached hydrogen (secondary N) is 1. The molecule has 1 saturated heterocycles. The number of guanidine groups is 1. The largest absolute Gasteiger partial charge is 0.357 e. The zero-order valence-corrected chi connectivity index (χ0v) is 13.6. The molecule has 0 aliphatic carbocycles. The molecule has 1 aromatic carbocycles. The van der Waals surface area contributed by atoms with Crippen LogP contribution in [-0.4, -0.2) is 51.2 Å². The minimum absolute atomic E-state index is 0.121. The van der Waals surface area contributed by atoms with E-state index in [-0.39, 0.29) is 17.2 Å². The fourth-order valence-electron chi connectivity index (χ4n) is 2.43. The van der Waals surface area contributed by atoms with Gasteiger partial charge in [0, 0.05) is 19.6 Å². The molecule has 2 rings (SSSR count). The maximum atomic E-state index is 13.6. The molecule has 0 saturated carbocycles. The lowest BCUT2D eigenvalue weighted by molar-refractivity contribution is 0.494. The highest BCUT2D eigenvalue weighted by atomic mass is 32.2. The van der Waals surface area contributed by atoms with E-state index in [9.17, 15) is 12.8 Å². The van der Waals surface area contributed by atoms with Crippen LogP contribution >= 0.6 is 0 Å². The summed E-state index contributed by atoms with van der Waals surface area (Å²) in [6.45, 7) is 4.70. The zero-order chi connectivity index (χ0) is 16.0. The summed E-state index contributed by atoms with van der Waals surface area (Å²) < 4.78 is 37.9. The van der Waals surface area contributed by atoms with Crippen LogP contribution in [0.5, 0.6) is 0 Å². The SMILES string of the molecule is CCNC(=NCCS(=O)(=O)c1ccccc1F)N1CCCC1. The molecule has 0 amide bonds. The van der Waals surface area contributed by atoms with Gasteiger partial charge in [-0.1, -0.05) is 12.1 Å². The Morgan fingerprint density at radius 2 is 2.00 bits per heavy atom. The smallest absolute Gasteiger partial charge is 0.193 e. The second-order valence-corrected chi connectivity index (χ2v) is 7.26. The van der Waals surface area contributed by atoms with E-state index in [2.05, 4.69) is 15.2 Å². The van der Waals surface area contributed by atoms with E-state index >= 15 is 0 Å². The lowest BCUT2D eigenvalue weighted by atomic mass is 10.3. The molecule has 0 bridgehead atoms. The molecule has 1 N–H and O–H groups in total. The number of rotatable bonds is 5. The average molecular weight is 327 g/mol. The van der Waals surface area contributed by atoms with Crippen molar-refractivity contribution in [2.45, 2.75) is 24.7 Å². The first-order valence-electron chi connectivity index (χ1n) is 7.55. The standard InChI is InChI=1S/C15H22FN3O2S/c1-2-17-15(19-10-5-6-11-19)18-9-12-22(20,21)14-8-4-3-7-13(14)16/h3-4,7-8H,2,5-6,9-12H2,1H3,(H,17,18). The van der Waals surface area contributed by atoms with Gasteiger partial charge in [-0.3, -0.25) is 4.99 Å². The molecular weight excluding hydrogens is 305 g/mol. The highest BCUT2D eigenvalue weighted by molar-refractivity contribution is 7.91. The van der Waals surface area contributed by atoms with Crippen molar-refractivity contribution in [1.29, 1.82) is 0 Å². The van der Waals surface area contributed by atoms with Crippen LogP contribution < -0.4 is 5.32 Å². The van der Waals surface area contributed by atoms with Crippen LogP contribution in [0.3, 0.4) is 0 Å². The van der Waals surface area contributed by atoms with E-state index in [0.29, 0.717) is 0 Å². The monoisotopic (exact) mass is 327 g/mol. The Morgan fingerprint density at radius 1 is 1.32 bits per heavy atom. The number of hydrogen-bond acceptors (Lipinski definition) is 3. The molecule has 0 unspecified atom stereocenters. The summed E-state index contributed by atoms with van der Waals surface area (Å²) in [5, 5.41) is 3.17. The lowest BCUT2D eigenvalue weighted by Crippen LogP contribution is -2.39. The Balaban J connectivity index is 2.04. The third-order valence-corrected chi connectivity index (χ3v) is 5.26. The van der Waals surface area contributed by atoms with Crippen LogP contribution in [0.4, 0.5) is 4.39 Å². The van der Waals surface area contributed by atoms with Crippen LogP contribution in [0.25, 0.3) is 0 Å². The molecule has 5 nitrogen and oxygen atoms in total. The first-order valence-corrected chi connectivity index (χ1v) is 9.20. The molecule has 0 aromatic heterocycles. The maximum Gasteiger partial charge on any atom is 0.193 e. The highest BCUT2D eigenvalue weighted by Gasteiger charge is 2.19. The maximum absolute atomic E-state index is 13.6. The average Bonchev–Trinajstić information content (AvgIpc) is 3.00. The second kappa shape index (κ2) is 7.58. The summed E-state index contributed by atoms with van der Waals surface area (Å²) in [7, 11) is -3.65. The molecule has 1 aliphatic rings. The third kappa shape index (κ3) is 4.19. The van der Waals surface area contributed by atoms with Gasteiger partial charge in [-0.05, 0) is 31.9 Å². The van der Waals surface area contributed by atoms with E-state index in [0.717, 1.165) is 44.5 Å². The van der Waals surface area contributed by atoms with Crippen molar-refractivity contribution in [3.8, 4) is 0 Å². The normalized spacial score (nSPS) is 16.1. The molecule has 7 heteroatoms. The molecule has 1 fully saturated rings. The zero-order valence-electron chi connectivity index (χ0n) is 12.8. The van der Waals surface area contributed by atoms with Gasteiger partial charge in [0.05, 0.1) is 12.3 Å². The van der Waals surface area contributed by atoms with Gasteiger partial charge in [-0.25, -0.2) is 12.8 Å². The molecule has 122 valence electrons. The van der Waals surface area contributed by atoms with Gasteiger partial charge in [0.25, 0.3) is 0 Å². The summed E-state index contributed by atoms with van der Waals surface area (Å²) in [5.74, 6) is -0.168. The quantitative estimate of drug-likeness (QED) is 0.660. The Bertz CT molecular complexity index is 625. The molecule has 1 aliphatic heterocycles. The van der Waals surface area contributed by atoms with Crippen molar-refractivity contribution in [2.24, 2.45) is 4.99 Å². The summed E-state index contributed by atoms with van der Waals surface area (Å²) in [6.07, 6.45) is 2.25. The number of nitrogens with zero attached hydrogens (tertiary/aromatic N) is 2. The van der Waals surface area contributed by atoms with Crippen molar-refractivity contribution >= 4 is 15.8 Å². The van der Waals surface area contributed by atoms with Crippen LogP contribution in [0, 0.1) is 5.82 Å². The van der Waals surface area contributed by atoms with Crippen molar-refractivity contribution in [3.63, 3.8) is 0 Å². The molecular formula is C15H22FN3O2S. The Hall–Kier alpha value is -1.63. The summed E-state index contributed by atoms with van der Waals surface area (Å²) >= 11 is 0.